The van der Waals surface area contributed by atoms with Crippen molar-refractivity contribution in [2.24, 2.45) is 0 Å². The van der Waals surface area contributed by atoms with Crippen molar-refractivity contribution in [2.75, 3.05) is 13.1 Å². The number of ether oxygens (including phenoxy) is 1. The molecule has 16 heavy (non-hydrogen) atoms. The molecule has 2 rings (SSSR count). The van der Waals surface area contributed by atoms with Gasteiger partial charge in [0.1, 0.15) is 5.82 Å². The van der Waals surface area contributed by atoms with Crippen LogP contribution in [0.3, 0.4) is 0 Å². The van der Waals surface area contributed by atoms with Crippen molar-refractivity contribution >= 4 is 6.09 Å². The fourth-order valence-corrected chi connectivity index (χ4v) is 1.65. The Morgan fingerprint density at radius 2 is 2.06 bits per heavy atom. The Hall–Kier alpha value is -1.65. The van der Waals surface area contributed by atoms with E-state index in [0.717, 1.165) is 38.5 Å². The lowest BCUT2D eigenvalue weighted by atomic mass is 10.1. The second-order valence-corrected chi connectivity index (χ2v) is 3.73. The number of carbonyl (C=O) groups excluding carboxylic acids is 1. The fourth-order valence-electron chi connectivity index (χ4n) is 1.65. The van der Waals surface area contributed by atoms with Crippen molar-refractivity contribution in [3.8, 4) is 5.88 Å². The molecule has 1 amide bonds. The number of amides is 1. The maximum absolute atomic E-state index is 12.6. The van der Waals surface area contributed by atoms with Gasteiger partial charge in [0, 0.05) is 19.2 Å². The quantitative estimate of drug-likeness (QED) is 0.734. The lowest BCUT2D eigenvalue weighted by Gasteiger charge is -2.25. The van der Waals surface area contributed by atoms with Gasteiger partial charge in [-0.05, 0) is 25.3 Å². The molecule has 0 spiro atoms. The second-order valence-electron chi connectivity index (χ2n) is 3.73. The van der Waals surface area contributed by atoms with E-state index in [1.807, 2.05) is 0 Å². The Bertz CT molecular complexity index is 361. The Morgan fingerprint density at radius 1 is 1.31 bits per heavy atom. The molecule has 1 aromatic heterocycles. The van der Waals surface area contributed by atoms with Crippen molar-refractivity contribution in [3.63, 3.8) is 0 Å². The molecular weight excluding hydrogens is 211 g/mol. The Balaban J connectivity index is 1.93. The van der Waals surface area contributed by atoms with E-state index in [2.05, 4.69) is 4.98 Å². The van der Waals surface area contributed by atoms with Gasteiger partial charge in [-0.15, -0.1) is 0 Å². The minimum atomic E-state index is -0.447. The largest absolute Gasteiger partial charge is 0.416 e. The lowest BCUT2D eigenvalue weighted by molar-refractivity contribution is 0.141. The summed E-state index contributed by atoms with van der Waals surface area (Å²) in [6.45, 7) is 1.44. The van der Waals surface area contributed by atoms with E-state index >= 15 is 0 Å². The van der Waals surface area contributed by atoms with E-state index in [1.165, 1.54) is 12.1 Å². The summed E-state index contributed by atoms with van der Waals surface area (Å²) in [6.07, 6.45) is 3.79. The first-order valence-electron chi connectivity index (χ1n) is 5.34. The normalized spacial score (nSPS) is 15.9. The average molecular weight is 224 g/mol. The van der Waals surface area contributed by atoms with E-state index in [4.69, 9.17) is 4.74 Å². The zero-order chi connectivity index (χ0) is 11.4. The zero-order valence-electron chi connectivity index (χ0n) is 8.86. The molecule has 4 nitrogen and oxygen atoms in total. The molecule has 0 bridgehead atoms. The number of likely N-dealkylation sites (tertiary alicyclic amines) is 1. The lowest BCUT2D eigenvalue weighted by Crippen LogP contribution is -2.37. The molecule has 0 radical (unpaired) electrons. The van der Waals surface area contributed by atoms with Gasteiger partial charge in [-0.3, -0.25) is 0 Å². The van der Waals surface area contributed by atoms with Gasteiger partial charge in [-0.1, -0.05) is 0 Å². The molecule has 0 saturated carbocycles. The summed E-state index contributed by atoms with van der Waals surface area (Å²) in [6, 6.07) is 2.56. The summed E-state index contributed by atoms with van der Waals surface area (Å²) < 4.78 is 17.6. The highest BCUT2D eigenvalue weighted by Crippen LogP contribution is 2.12. The van der Waals surface area contributed by atoms with Crippen LogP contribution in [0.4, 0.5) is 9.18 Å². The van der Waals surface area contributed by atoms with Gasteiger partial charge < -0.3 is 9.64 Å². The number of hydrogen-bond acceptors (Lipinski definition) is 3. The molecular formula is C11H13FN2O2. The zero-order valence-corrected chi connectivity index (χ0v) is 8.86. The van der Waals surface area contributed by atoms with Crippen molar-refractivity contribution < 1.29 is 13.9 Å². The van der Waals surface area contributed by atoms with Crippen LogP contribution in [0.5, 0.6) is 5.88 Å². The van der Waals surface area contributed by atoms with E-state index in [9.17, 15) is 9.18 Å². The molecule has 86 valence electrons. The standard InChI is InChI=1S/C11H13FN2O2/c12-9-4-5-10(13-8-9)16-11(15)14-6-2-1-3-7-14/h4-5,8H,1-3,6-7H2. The molecule has 0 N–H and O–H groups in total. The number of pyridine rings is 1. The van der Waals surface area contributed by atoms with Crippen LogP contribution in [-0.4, -0.2) is 29.1 Å². The van der Waals surface area contributed by atoms with E-state index in [-0.39, 0.29) is 5.88 Å². The third-order valence-corrected chi connectivity index (χ3v) is 2.51. The van der Waals surface area contributed by atoms with Crippen molar-refractivity contribution in [3.05, 3.63) is 24.1 Å². The van der Waals surface area contributed by atoms with E-state index in [0.29, 0.717) is 0 Å². The van der Waals surface area contributed by atoms with Crippen molar-refractivity contribution in [1.29, 1.82) is 0 Å². The van der Waals surface area contributed by atoms with Crippen molar-refractivity contribution in [1.82, 2.24) is 9.88 Å². The Labute approximate surface area is 93.0 Å². The first-order valence-corrected chi connectivity index (χ1v) is 5.34. The van der Waals surface area contributed by atoms with Crippen LogP contribution < -0.4 is 4.74 Å². The monoisotopic (exact) mass is 224 g/mol. The van der Waals surface area contributed by atoms with E-state index in [1.54, 1.807) is 4.90 Å². The van der Waals surface area contributed by atoms with Crippen LogP contribution in [0, 0.1) is 5.82 Å². The number of aromatic nitrogens is 1. The molecule has 1 aliphatic rings. The van der Waals surface area contributed by atoms with Gasteiger partial charge in [0.05, 0.1) is 6.20 Å². The van der Waals surface area contributed by atoms with Gasteiger partial charge in [0.25, 0.3) is 0 Å². The summed E-state index contributed by atoms with van der Waals surface area (Å²) >= 11 is 0. The van der Waals surface area contributed by atoms with Gasteiger partial charge in [0.15, 0.2) is 0 Å². The summed E-state index contributed by atoms with van der Waals surface area (Å²) in [5, 5.41) is 0. The summed E-state index contributed by atoms with van der Waals surface area (Å²) in [5.74, 6) is -0.310. The molecule has 1 fully saturated rings. The maximum atomic E-state index is 12.6. The molecule has 0 atom stereocenters. The number of hydrogen-bond donors (Lipinski definition) is 0. The summed E-state index contributed by atoms with van der Waals surface area (Å²) in [5.41, 5.74) is 0. The molecule has 0 aliphatic carbocycles. The minimum absolute atomic E-state index is 0.136. The van der Waals surface area contributed by atoms with Gasteiger partial charge in [0.2, 0.25) is 5.88 Å². The van der Waals surface area contributed by atoms with Crippen LogP contribution in [0.2, 0.25) is 0 Å². The molecule has 2 heterocycles. The van der Waals surface area contributed by atoms with Crippen LogP contribution in [0.1, 0.15) is 19.3 Å². The van der Waals surface area contributed by atoms with Crippen LogP contribution in [0.15, 0.2) is 18.3 Å². The number of rotatable bonds is 1. The Kier molecular flexibility index (Phi) is 3.34. The molecule has 1 aromatic rings. The third-order valence-electron chi connectivity index (χ3n) is 2.51. The summed E-state index contributed by atoms with van der Waals surface area (Å²) in [4.78, 5) is 16.9. The van der Waals surface area contributed by atoms with Gasteiger partial charge in [-0.25, -0.2) is 14.2 Å². The Morgan fingerprint density at radius 3 is 2.69 bits per heavy atom. The number of carbonyl (C=O) groups is 1. The summed E-state index contributed by atoms with van der Waals surface area (Å²) in [7, 11) is 0. The number of nitrogens with zero attached hydrogens (tertiary/aromatic N) is 2. The van der Waals surface area contributed by atoms with Crippen molar-refractivity contribution in [2.45, 2.75) is 19.3 Å². The highest BCUT2D eigenvalue weighted by Gasteiger charge is 2.18. The fraction of sp³-hybridized carbons (Fsp3) is 0.455. The molecule has 1 saturated heterocycles. The number of piperidine rings is 1. The first-order chi connectivity index (χ1) is 7.75. The second kappa shape index (κ2) is 4.92. The predicted molar refractivity (Wildman–Crippen MR) is 55.6 cm³/mol. The first kappa shape index (κ1) is 10.9. The molecule has 0 aromatic carbocycles. The van der Waals surface area contributed by atoms with Crippen LogP contribution in [0.25, 0.3) is 0 Å². The predicted octanol–water partition coefficient (Wildman–Crippen LogP) is 2.21. The van der Waals surface area contributed by atoms with Crippen LogP contribution in [-0.2, 0) is 0 Å². The van der Waals surface area contributed by atoms with Gasteiger partial charge in [-0.2, -0.15) is 0 Å². The topological polar surface area (TPSA) is 42.4 Å². The third kappa shape index (κ3) is 2.68. The smallest absolute Gasteiger partial charge is 0.391 e. The number of halogens is 1. The molecule has 1 aliphatic heterocycles. The minimum Gasteiger partial charge on any atom is -0.391 e. The average Bonchev–Trinajstić information content (AvgIpc) is 2.33. The molecule has 0 unspecified atom stereocenters. The van der Waals surface area contributed by atoms with E-state index < -0.39 is 11.9 Å². The van der Waals surface area contributed by atoms with Crippen LogP contribution >= 0.6 is 0 Å². The highest BCUT2D eigenvalue weighted by atomic mass is 19.1. The maximum Gasteiger partial charge on any atom is 0.416 e. The highest BCUT2D eigenvalue weighted by molar-refractivity contribution is 5.70. The SMILES string of the molecule is O=C(Oc1ccc(F)cn1)N1CCCCC1. The molecule has 5 heteroatoms. The van der Waals surface area contributed by atoms with Gasteiger partial charge >= 0.3 is 6.09 Å².